The van der Waals surface area contributed by atoms with Crippen molar-refractivity contribution in [3.8, 4) is 11.5 Å². The second-order valence-electron chi connectivity index (χ2n) is 10.3. The van der Waals surface area contributed by atoms with Crippen LogP contribution in [0.15, 0.2) is 94.6 Å². The Morgan fingerprint density at radius 3 is 1.86 bits per heavy atom. The van der Waals surface area contributed by atoms with Crippen LogP contribution in [0.5, 0.6) is 11.5 Å². The molecule has 4 aromatic rings. The number of ether oxygens (including phenoxy) is 3. The van der Waals surface area contributed by atoms with Gasteiger partial charge in [0.05, 0.1) is 31.8 Å². The fraction of sp³-hybridized carbons (Fsp3) is 0.290. The van der Waals surface area contributed by atoms with Crippen LogP contribution >= 0.6 is 0 Å². The highest BCUT2D eigenvalue weighted by Gasteiger charge is 2.51. The molecule has 0 spiro atoms. The Hall–Kier alpha value is -4.23. The topological polar surface area (TPSA) is 157 Å². The predicted molar refractivity (Wildman–Crippen MR) is 158 cm³/mol. The Bertz CT molecular complexity index is 1750. The molecular weight excluding hydrogens is 576 g/mol. The number of methoxy groups -OCH3 is 2. The van der Waals surface area contributed by atoms with E-state index in [0.29, 0.717) is 28.2 Å². The summed E-state index contributed by atoms with van der Waals surface area (Å²) in [7, 11) is -0.927. The monoisotopic (exact) mass is 608 g/mol. The number of nitrogens with zero attached hydrogens (tertiary/aromatic N) is 1. The SMILES string of the molecule is COc1ccc(C(c2ccccc2)(c2ccc(OC)cc2)c2cn([C@H]3O[C@@H](CO)C(O)C3S(C)(=O)=O)c(=O)[nH]c2=O)cc1. The molecule has 0 saturated carbocycles. The van der Waals surface area contributed by atoms with E-state index in [0.717, 1.165) is 10.8 Å². The van der Waals surface area contributed by atoms with Gasteiger partial charge in [0.2, 0.25) is 0 Å². The van der Waals surface area contributed by atoms with E-state index in [4.69, 9.17) is 14.2 Å². The molecule has 1 aliphatic rings. The van der Waals surface area contributed by atoms with Crippen LogP contribution in [0, 0.1) is 0 Å². The van der Waals surface area contributed by atoms with E-state index < -0.39 is 56.8 Å². The lowest BCUT2D eigenvalue weighted by Gasteiger charge is -2.36. The Labute approximate surface area is 247 Å². The number of sulfone groups is 1. The van der Waals surface area contributed by atoms with Crippen molar-refractivity contribution in [3.63, 3.8) is 0 Å². The molecule has 0 bridgehead atoms. The summed E-state index contributed by atoms with van der Waals surface area (Å²) in [6.45, 7) is -0.680. The van der Waals surface area contributed by atoms with Gasteiger partial charge in [0.15, 0.2) is 16.1 Å². The van der Waals surface area contributed by atoms with E-state index >= 15 is 0 Å². The zero-order valence-corrected chi connectivity index (χ0v) is 24.5. The van der Waals surface area contributed by atoms with E-state index in [9.17, 15) is 28.2 Å². The predicted octanol–water partition coefficient (Wildman–Crippen LogP) is 1.60. The van der Waals surface area contributed by atoms with Crippen LogP contribution in [0.4, 0.5) is 0 Å². The quantitative estimate of drug-likeness (QED) is 0.240. The van der Waals surface area contributed by atoms with Crippen molar-refractivity contribution in [1.82, 2.24) is 9.55 Å². The molecule has 0 radical (unpaired) electrons. The van der Waals surface area contributed by atoms with Gasteiger partial charge in [-0.2, -0.15) is 0 Å². The molecule has 4 atom stereocenters. The van der Waals surface area contributed by atoms with Gasteiger partial charge in [-0.1, -0.05) is 54.6 Å². The molecule has 11 nitrogen and oxygen atoms in total. The summed E-state index contributed by atoms with van der Waals surface area (Å²) in [6, 6.07) is 23.4. The maximum atomic E-state index is 13.9. The van der Waals surface area contributed by atoms with E-state index in [1.165, 1.54) is 20.4 Å². The number of aromatic nitrogens is 2. The first-order chi connectivity index (χ1) is 20.6. The number of hydrogen-bond acceptors (Lipinski definition) is 9. The van der Waals surface area contributed by atoms with E-state index in [1.807, 2.05) is 54.6 Å². The van der Waals surface area contributed by atoms with Gasteiger partial charge in [-0.05, 0) is 41.0 Å². The third-order valence-electron chi connectivity index (χ3n) is 7.89. The molecule has 5 rings (SSSR count). The number of benzene rings is 3. The highest BCUT2D eigenvalue weighted by atomic mass is 32.2. The first-order valence-electron chi connectivity index (χ1n) is 13.4. The standard InChI is InChI=1S/C31H32N2O9S/c1-40-22-13-9-20(10-14-22)31(19-7-5-4-6-8-19,21-11-15-23(41-2)16-12-21)24-17-33(30(37)32-28(24)36)29-27(43(3,38)39)26(35)25(18-34)42-29/h4-17,25-27,29,34-35H,18H2,1-3H3,(H,32,36,37)/t25-,26?,27?,29-/m0/s1. The zero-order valence-electron chi connectivity index (χ0n) is 23.7. The van der Waals surface area contributed by atoms with Gasteiger partial charge < -0.3 is 24.4 Å². The van der Waals surface area contributed by atoms with Crippen LogP contribution < -0.4 is 20.7 Å². The zero-order chi connectivity index (χ0) is 30.9. The minimum atomic E-state index is -4.00. The third-order valence-corrected chi connectivity index (χ3v) is 9.39. The maximum Gasteiger partial charge on any atom is 0.330 e. The van der Waals surface area contributed by atoms with Gasteiger partial charge in [-0.3, -0.25) is 14.3 Å². The van der Waals surface area contributed by atoms with Crippen LogP contribution in [0.3, 0.4) is 0 Å². The summed E-state index contributed by atoms with van der Waals surface area (Å²) >= 11 is 0. The van der Waals surface area contributed by atoms with E-state index in [1.54, 1.807) is 24.3 Å². The van der Waals surface area contributed by atoms with E-state index in [-0.39, 0.29) is 5.56 Å². The summed E-state index contributed by atoms with van der Waals surface area (Å²) in [5.74, 6) is 1.16. The van der Waals surface area contributed by atoms with Crippen LogP contribution in [0.2, 0.25) is 0 Å². The fourth-order valence-electron chi connectivity index (χ4n) is 5.84. The molecule has 0 amide bonds. The van der Waals surface area contributed by atoms with Crippen molar-refractivity contribution in [1.29, 1.82) is 0 Å². The third kappa shape index (κ3) is 5.27. The van der Waals surface area contributed by atoms with Gasteiger partial charge in [0.25, 0.3) is 5.56 Å². The number of H-pyrrole nitrogens is 1. The van der Waals surface area contributed by atoms with Crippen LogP contribution in [-0.2, 0) is 20.0 Å². The molecular formula is C31H32N2O9S. The van der Waals surface area contributed by atoms with Crippen LogP contribution in [-0.4, -0.2) is 72.7 Å². The Balaban J connectivity index is 1.88. The molecule has 1 aromatic heterocycles. The molecule has 3 aromatic carbocycles. The largest absolute Gasteiger partial charge is 0.497 e. The normalized spacial score (nSPS) is 20.6. The average Bonchev–Trinajstić information content (AvgIpc) is 3.36. The summed E-state index contributed by atoms with van der Waals surface area (Å²) in [6.07, 6.45) is -2.23. The second-order valence-corrected chi connectivity index (χ2v) is 12.5. The number of aliphatic hydroxyl groups excluding tert-OH is 2. The molecule has 12 heteroatoms. The average molecular weight is 609 g/mol. The summed E-state index contributed by atoms with van der Waals surface area (Å²) in [5, 5.41) is 18.9. The molecule has 0 aliphatic carbocycles. The molecule has 3 N–H and O–H groups in total. The smallest absolute Gasteiger partial charge is 0.330 e. The lowest BCUT2D eigenvalue weighted by Crippen LogP contribution is -2.45. The second kappa shape index (κ2) is 11.8. The molecule has 1 fully saturated rings. The highest BCUT2D eigenvalue weighted by molar-refractivity contribution is 7.91. The van der Waals surface area contributed by atoms with Gasteiger partial charge in [0.1, 0.15) is 29.0 Å². The lowest BCUT2D eigenvalue weighted by molar-refractivity contribution is -0.0459. The summed E-state index contributed by atoms with van der Waals surface area (Å²) < 4.78 is 43.1. The first kappa shape index (κ1) is 30.2. The van der Waals surface area contributed by atoms with Crippen molar-refractivity contribution in [2.45, 2.75) is 29.1 Å². The van der Waals surface area contributed by atoms with Crippen LogP contribution in [0.25, 0.3) is 0 Å². The van der Waals surface area contributed by atoms with Gasteiger partial charge in [-0.15, -0.1) is 0 Å². The molecule has 1 aliphatic heterocycles. The van der Waals surface area contributed by atoms with Gasteiger partial charge in [0, 0.05) is 12.5 Å². The molecule has 226 valence electrons. The van der Waals surface area contributed by atoms with Crippen molar-refractivity contribution in [2.75, 3.05) is 27.1 Å². The number of hydrogen-bond donors (Lipinski definition) is 3. The minimum Gasteiger partial charge on any atom is -0.497 e. The number of rotatable bonds is 9. The molecule has 43 heavy (non-hydrogen) atoms. The lowest BCUT2D eigenvalue weighted by atomic mass is 9.65. The minimum absolute atomic E-state index is 0.0754. The summed E-state index contributed by atoms with van der Waals surface area (Å²) in [4.78, 5) is 29.6. The summed E-state index contributed by atoms with van der Waals surface area (Å²) in [5.41, 5.74) is -0.986. The molecule has 2 unspecified atom stereocenters. The van der Waals surface area contributed by atoms with Crippen molar-refractivity contribution in [3.05, 3.63) is 128 Å². The Morgan fingerprint density at radius 2 is 1.40 bits per heavy atom. The molecule has 2 heterocycles. The van der Waals surface area contributed by atoms with Gasteiger partial charge in [-0.25, -0.2) is 13.2 Å². The maximum absolute atomic E-state index is 13.9. The number of aromatic amines is 1. The Morgan fingerprint density at radius 1 is 0.884 bits per heavy atom. The van der Waals surface area contributed by atoms with Crippen molar-refractivity contribution >= 4 is 9.84 Å². The molecule has 1 saturated heterocycles. The number of aliphatic hydroxyl groups is 2. The van der Waals surface area contributed by atoms with Crippen LogP contribution in [0.1, 0.15) is 28.5 Å². The van der Waals surface area contributed by atoms with Crippen molar-refractivity contribution in [2.24, 2.45) is 0 Å². The number of nitrogens with one attached hydrogen (secondary N) is 1. The highest BCUT2D eigenvalue weighted by Crippen LogP contribution is 2.45. The van der Waals surface area contributed by atoms with E-state index in [2.05, 4.69) is 4.98 Å². The Kier molecular flexibility index (Phi) is 8.30. The fourth-order valence-corrected chi connectivity index (χ4v) is 7.14. The van der Waals surface area contributed by atoms with Crippen molar-refractivity contribution < 1.29 is 32.8 Å². The first-order valence-corrected chi connectivity index (χ1v) is 15.4. The van der Waals surface area contributed by atoms with Gasteiger partial charge >= 0.3 is 5.69 Å².